The molecule has 12 nitrogen and oxygen atoms in total. The maximum Gasteiger partial charge on any atom is 0.262 e. The molecule has 3 aliphatic heterocycles. The number of benzene rings is 4. The van der Waals surface area contributed by atoms with E-state index in [9.17, 15) is 24.3 Å². The summed E-state index contributed by atoms with van der Waals surface area (Å²) in [6, 6.07) is 32.5. The Bertz CT molecular complexity index is 2360. The number of anilines is 1. The lowest BCUT2D eigenvalue weighted by Gasteiger charge is -2.35. The van der Waals surface area contributed by atoms with Crippen molar-refractivity contribution in [3.05, 3.63) is 143 Å². The minimum atomic E-state index is -1.00. The number of nitrogens with zero attached hydrogens (tertiary/aromatic N) is 4. The largest absolute Gasteiger partial charge is 0.508 e. The van der Waals surface area contributed by atoms with Gasteiger partial charge in [0.2, 0.25) is 17.7 Å². The summed E-state index contributed by atoms with van der Waals surface area (Å²) in [5, 5.41) is 12.4. The maximum atomic E-state index is 13.2. The van der Waals surface area contributed by atoms with Crippen LogP contribution in [0.5, 0.6) is 23.1 Å². The lowest BCUT2D eigenvalue weighted by molar-refractivity contribution is -0.136. The molecular formula is C46H43N5O7. The van der Waals surface area contributed by atoms with E-state index < -0.39 is 29.7 Å². The number of phenols is 1. The summed E-state index contributed by atoms with van der Waals surface area (Å²) in [7, 11) is 0. The molecule has 4 amide bonds. The number of aromatic nitrogens is 1. The number of carbonyl (C=O) groups excluding carboxylic acids is 4. The molecule has 294 valence electrons. The van der Waals surface area contributed by atoms with Crippen molar-refractivity contribution >= 4 is 29.3 Å². The third-order valence-corrected chi connectivity index (χ3v) is 11.8. The molecule has 12 heteroatoms. The number of amides is 4. The number of fused-ring (bicyclic) bond motifs is 2. The lowest BCUT2D eigenvalue weighted by Crippen LogP contribution is -2.54. The predicted octanol–water partition coefficient (Wildman–Crippen LogP) is 6.04. The molecule has 1 aliphatic carbocycles. The van der Waals surface area contributed by atoms with Crippen LogP contribution in [0.4, 0.5) is 5.69 Å². The molecule has 1 aromatic heterocycles. The van der Waals surface area contributed by atoms with Crippen LogP contribution in [-0.4, -0.2) is 88.9 Å². The Labute approximate surface area is 336 Å². The molecule has 5 aromatic rings. The number of imide groups is 2. The highest BCUT2D eigenvalue weighted by atomic mass is 16.5. The number of piperidine rings is 1. The zero-order valence-corrected chi connectivity index (χ0v) is 31.9. The number of aromatic hydroxyl groups is 1. The van der Waals surface area contributed by atoms with Crippen LogP contribution in [0, 0.1) is 0 Å². The number of ether oxygens (including phenoxy) is 2. The summed E-state index contributed by atoms with van der Waals surface area (Å²) in [5.74, 6) is 0.377. The Hall–Kier alpha value is -6.53. The molecule has 4 aliphatic rings. The first kappa shape index (κ1) is 37.1. The number of hydrogen-bond donors (Lipinski definition) is 2. The molecule has 4 aromatic carbocycles. The summed E-state index contributed by atoms with van der Waals surface area (Å²) in [6.45, 7) is 4.41. The van der Waals surface area contributed by atoms with Gasteiger partial charge in [0, 0.05) is 51.1 Å². The monoisotopic (exact) mass is 777 g/mol. The SMILES string of the molecule is O=C1CCC(N2C(=O)c3ccc(OCCN4CCN(c5ccc(Oc6ccc(C7c8ccc(O)cc8CC[C@@H]7c7ccccc7)cc6)nc5)CC4)cc3C2=O)C(=O)N1. The van der Waals surface area contributed by atoms with Gasteiger partial charge in [-0.2, -0.15) is 0 Å². The quantitative estimate of drug-likeness (QED) is 0.161. The van der Waals surface area contributed by atoms with E-state index in [2.05, 4.69) is 68.6 Å². The Morgan fingerprint density at radius 1 is 0.741 bits per heavy atom. The average Bonchev–Trinajstić information content (AvgIpc) is 3.49. The Kier molecular flexibility index (Phi) is 10.1. The highest BCUT2D eigenvalue weighted by molar-refractivity contribution is 6.23. The van der Waals surface area contributed by atoms with E-state index in [0.29, 0.717) is 42.2 Å². The Morgan fingerprint density at radius 3 is 2.28 bits per heavy atom. The minimum Gasteiger partial charge on any atom is -0.508 e. The second kappa shape index (κ2) is 15.8. The van der Waals surface area contributed by atoms with Crippen molar-refractivity contribution in [3.63, 3.8) is 0 Å². The van der Waals surface area contributed by atoms with Gasteiger partial charge in [0.1, 0.15) is 29.9 Å². The minimum absolute atomic E-state index is 0.0729. The fourth-order valence-corrected chi connectivity index (χ4v) is 8.82. The highest BCUT2D eigenvalue weighted by Crippen LogP contribution is 2.47. The molecule has 2 fully saturated rings. The number of carbonyl (C=O) groups is 4. The van der Waals surface area contributed by atoms with Gasteiger partial charge in [-0.05, 0) is 96.0 Å². The van der Waals surface area contributed by atoms with Crippen molar-refractivity contribution < 1.29 is 33.8 Å². The lowest BCUT2D eigenvalue weighted by atomic mass is 9.69. The molecule has 0 radical (unpaired) electrons. The first-order chi connectivity index (χ1) is 28.3. The standard InChI is InChI=1S/C46H43N5O7/c52-33-10-15-37-31(26-33)8-14-36(29-4-2-1-3-5-29)43(37)30-6-11-34(12-7-30)58-42-19-9-32(28-47-42)50-22-20-49(21-23-50)24-25-57-35-13-16-38-39(27-35)46(56)51(45(38)55)40-17-18-41(53)48-44(40)54/h1-7,9-13,15-16,19,26-28,36,40,43,52H,8,14,17-18,20-25H2,(H,48,53,54)/t36-,40?,43?/m1/s1. The van der Waals surface area contributed by atoms with Gasteiger partial charge >= 0.3 is 0 Å². The van der Waals surface area contributed by atoms with Crippen LogP contribution in [0.3, 0.4) is 0 Å². The van der Waals surface area contributed by atoms with E-state index in [1.807, 2.05) is 36.5 Å². The van der Waals surface area contributed by atoms with Crippen molar-refractivity contribution in [2.75, 3.05) is 44.2 Å². The van der Waals surface area contributed by atoms with Gasteiger partial charge in [-0.25, -0.2) is 4.98 Å². The molecule has 0 bridgehead atoms. The summed E-state index contributed by atoms with van der Waals surface area (Å²) in [5.41, 5.74) is 6.44. The summed E-state index contributed by atoms with van der Waals surface area (Å²) >= 11 is 0. The summed E-state index contributed by atoms with van der Waals surface area (Å²) < 4.78 is 12.2. The number of rotatable bonds is 10. The van der Waals surface area contributed by atoms with Gasteiger partial charge in [0.15, 0.2) is 0 Å². The fourth-order valence-electron chi connectivity index (χ4n) is 8.82. The number of hydrogen-bond acceptors (Lipinski definition) is 10. The molecular weight excluding hydrogens is 735 g/mol. The van der Waals surface area contributed by atoms with Crippen LogP contribution < -0.4 is 19.7 Å². The third kappa shape index (κ3) is 7.38. The third-order valence-electron chi connectivity index (χ3n) is 11.8. The summed E-state index contributed by atoms with van der Waals surface area (Å²) in [6.07, 6.45) is 3.97. The van der Waals surface area contributed by atoms with Crippen LogP contribution in [-0.2, 0) is 16.0 Å². The van der Waals surface area contributed by atoms with Crippen LogP contribution in [0.1, 0.15) is 74.1 Å². The van der Waals surface area contributed by atoms with Crippen molar-refractivity contribution in [1.29, 1.82) is 0 Å². The Morgan fingerprint density at radius 2 is 1.52 bits per heavy atom. The molecule has 58 heavy (non-hydrogen) atoms. The molecule has 4 heterocycles. The number of piperazine rings is 1. The molecule has 2 N–H and O–H groups in total. The van der Waals surface area contributed by atoms with Gasteiger partial charge in [-0.1, -0.05) is 48.5 Å². The van der Waals surface area contributed by atoms with Crippen LogP contribution in [0.15, 0.2) is 109 Å². The van der Waals surface area contributed by atoms with Crippen LogP contribution in [0.25, 0.3) is 0 Å². The first-order valence-electron chi connectivity index (χ1n) is 19.9. The Balaban J connectivity index is 0.764. The van der Waals surface area contributed by atoms with E-state index in [4.69, 9.17) is 9.47 Å². The molecule has 9 rings (SSSR count). The summed E-state index contributed by atoms with van der Waals surface area (Å²) in [4.78, 5) is 60.3. The number of aryl methyl sites for hydroxylation is 1. The second-order valence-corrected chi connectivity index (χ2v) is 15.3. The van der Waals surface area contributed by atoms with Gasteiger partial charge in [0.25, 0.3) is 11.8 Å². The van der Waals surface area contributed by atoms with E-state index in [-0.39, 0.29) is 29.9 Å². The average molecular weight is 778 g/mol. The molecule has 2 unspecified atom stereocenters. The normalized spacial score (nSPS) is 20.7. The van der Waals surface area contributed by atoms with E-state index >= 15 is 0 Å². The van der Waals surface area contributed by atoms with Crippen molar-refractivity contribution in [2.24, 2.45) is 0 Å². The van der Waals surface area contributed by atoms with Crippen LogP contribution >= 0.6 is 0 Å². The topological polar surface area (TPSA) is 142 Å². The zero-order chi connectivity index (χ0) is 39.8. The van der Waals surface area contributed by atoms with E-state index in [1.165, 1.54) is 22.3 Å². The molecule has 2 saturated heterocycles. The highest BCUT2D eigenvalue weighted by Gasteiger charge is 2.44. The maximum absolute atomic E-state index is 13.2. The van der Waals surface area contributed by atoms with Gasteiger partial charge < -0.3 is 19.5 Å². The van der Waals surface area contributed by atoms with Gasteiger partial charge in [-0.3, -0.25) is 34.3 Å². The zero-order valence-electron chi connectivity index (χ0n) is 31.9. The van der Waals surface area contributed by atoms with Crippen molar-refractivity contribution in [1.82, 2.24) is 20.1 Å². The smallest absolute Gasteiger partial charge is 0.262 e. The van der Waals surface area contributed by atoms with Gasteiger partial charge in [0.05, 0.1) is 23.0 Å². The second-order valence-electron chi connectivity index (χ2n) is 15.3. The molecule has 0 spiro atoms. The van der Waals surface area contributed by atoms with Crippen LogP contribution in [0.2, 0.25) is 0 Å². The molecule has 3 atom stereocenters. The van der Waals surface area contributed by atoms with Gasteiger partial charge in [-0.15, -0.1) is 0 Å². The number of phenolic OH excluding ortho intramolecular Hbond substituents is 1. The predicted molar refractivity (Wildman–Crippen MR) is 215 cm³/mol. The van der Waals surface area contributed by atoms with Crippen molar-refractivity contribution in [3.8, 4) is 23.1 Å². The first-order valence-corrected chi connectivity index (χ1v) is 19.9. The van der Waals surface area contributed by atoms with Crippen molar-refractivity contribution in [2.45, 2.75) is 43.6 Å². The number of pyridine rings is 1. The number of nitrogens with one attached hydrogen (secondary N) is 1. The van der Waals surface area contributed by atoms with E-state index in [1.54, 1.807) is 24.3 Å². The fraction of sp³-hybridized carbons (Fsp3) is 0.283. The van der Waals surface area contributed by atoms with E-state index in [0.717, 1.165) is 49.6 Å². The molecule has 0 saturated carbocycles.